The van der Waals surface area contributed by atoms with Crippen LogP contribution < -0.4 is 0 Å². The number of benzene rings is 1. The molecule has 8 nitrogen and oxygen atoms in total. The molecule has 1 aromatic carbocycles. The summed E-state index contributed by atoms with van der Waals surface area (Å²) in [7, 11) is 0.346. The van der Waals surface area contributed by atoms with Crippen molar-refractivity contribution in [2.24, 2.45) is 0 Å². The number of hydrogen-bond acceptors (Lipinski definition) is 5. The van der Waals surface area contributed by atoms with Crippen LogP contribution in [0.25, 0.3) is 27.5 Å². The maximum Gasteiger partial charge on any atom is 0.307 e. The Hall–Kier alpha value is -3.14. The minimum Gasteiger partial charge on any atom is -0.481 e. The van der Waals surface area contributed by atoms with Gasteiger partial charge in [0.25, 0.3) is 0 Å². The minimum atomic E-state index is -1.37. The van der Waals surface area contributed by atoms with Crippen LogP contribution in [0.4, 0.5) is 0 Å². The number of rotatable bonds is 6. The van der Waals surface area contributed by atoms with E-state index in [0.29, 0.717) is 29.1 Å². The fourth-order valence-electron chi connectivity index (χ4n) is 4.41. The van der Waals surface area contributed by atoms with E-state index in [1.807, 2.05) is 40.7 Å². The van der Waals surface area contributed by atoms with Gasteiger partial charge in [0, 0.05) is 49.1 Å². The summed E-state index contributed by atoms with van der Waals surface area (Å²) in [4.78, 5) is 16.6. The molecule has 1 unspecified atom stereocenters. The second-order valence-corrected chi connectivity index (χ2v) is 9.57. The maximum atomic E-state index is 13.7. The van der Waals surface area contributed by atoms with Crippen molar-refractivity contribution < 1.29 is 18.8 Å². The second kappa shape index (κ2) is 9.01. The molecular formula is C24H24N4O4S. The van der Waals surface area contributed by atoms with E-state index >= 15 is 0 Å². The molecule has 0 bridgehead atoms. The van der Waals surface area contributed by atoms with E-state index in [0.717, 1.165) is 34.9 Å². The van der Waals surface area contributed by atoms with Gasteiger partial charge < -0.3 is 9.84 Å². The standard InChI is InChI=1S/C24H24N4O4S/c1-32-19-7-10-27(11-8-19)33(31)21-5-4-16-3-2-9-25-24(16)23(21)17-6-12-28-20(13-17)18(15-26-28)14-22(29)30/h2-6,9,12-13,15,19H,7-8,10-11,14H2,1H3,(H,29,30). The Morgan fingerprint density at radius 3 is 2.82 bits per heavy atom. The van der Waals surface area contributed by atoms with E-state index in [-0.39, 0.29) is 12.5 Å². The lowest BCUT2D eigenvalue weighted by Gasteiger charge is -2.30. The summed E-state index contributed by atoms with van der Waals surface area (Å²) >= 11 is 0. The van der Waals surface area contributed by atoms with Crippen LogP contribution >= 0.6 is 0 Å². The molecule has 0 saturated carbocycles. The molecule has 0 radical (unpaired) electrons. The van der Waals surface area contributed by atoms with E-state index in [1.54, 1.807) is 30.2 Å². The number of fused-ring (bicyclic) bond motifs is 2. The number of carbonyl (C=O) groups is 1. The molecule has 33 heavy (non-hydrogen) atoms. The molecule has 170 valence electrons. The summed E-state index contributed by atoms with van der Waals surface area (Å²) < 4.78 is 22.8. The van der Waals surface area contributed by atoms with Crippen LogP contribution in [0.3, 0.4) is 0 Å². The van der Waals surface area contributed by atoms with Crippen molar-refractivity contribution in [2.45, 2.75) is 30.3 Å². The van der Waals surface area contributed by atoms with Crippen LogP contribution in [0.5, 0.6) is 0 Å². The first kappa shape index (κ1) is 21.7. The zero-order valence-electron chi connectivity index (χ0n) is 18.2. The highest BCUT2D eigenvalue weighted by molar-refractivity contribution is 7.82. The number of hydrogen-bond donors (Lipinski definition) is 1. The van der Waals surface area contributed by atoms with Gasteiger partial charge in [-0.05, 0) is 42.7 Å². The normalized spacial score (nSPS) is 16.4. The minimum absolute atomic E-state index is 0.117. The van der Waals surface area contributed by atoms with Gasteiger partial charge >= 0.3 is 5.97 Å². The Morgan fingerprint density at radius 2 is 2.06 bits per heavy atom. The van der Waals surface area contributed by atoms with E-state index in [9.17, 15) is 14.1 Å². The lowest BCUT2D eigenvalue weighted by Crippen LogP contribution is -2.37. The lowest BCUT2D eigenvalue weighted by atomic mass is 10.0. The van der Waals surface area contributed by atoms with Gasteiger partial charge in [-0.1, -0.05) is 12.1 Å². The largest absolute Gasteiger partial charge is 0.481 e. The third kappa shape index (κ3) is 4.15. The third-order valence-corrected chi connectivity index (χ3v) is 7.68. The Balaban J connectivity index is 1.64. The van der Waals surface area contributed by atoms with Crippen molar-refractivity contribution in [2.75, 3.05) is 20.2 Å². The number of ether oxygens (including phenoxy) is 1. The molecule has 4 aromatic rings. The molecule has 9 heteroatoms. The van der Waals surface area contributed by atoms with Gasteiger partial charge in [-0.3, -0.25) is 9.78 Å². The fraction of sp³-hybridized carbons (Fsp3) is 0.292. The number of piperidine rings is 1. The SMILES string of the molecule is COC1CCN(S(=O)c2ccc3cccnc3c2-c2ccn3ncc(CC(=O)O)c3c2)CC1. The van der Waals surface area contributed by atoms with Gasteiger partial charge in [0.15, 0.2) is 0 Å². The molecule has 1 fully saturated rings. The van der Waals surface area contributed by atoms with Gasteiger partial charge in [-0.15, -0.1) is 0 Å². The van der Waals surface area contributed by atoms with Crippen LogP contribution in [0, 0.1) is 0 Å². The first-order chi connectivity index (χ1) is 16.0. The molecule has 0 amide bonds. The number of pyridine rings is 2. The smallest absolute Gasteiger partial charge is 0.307 e. The molecule has 0 spiro atoms. The van der Waals surface area contributed by atoms with E-state index in [1.165, 1.54) is 0 Å². The molecule has 5 rings (SSSR count). The number of aliphatic carboxylic acids is 1. The van der Waals surface area contributed by atoms with Crippen LogP contribution in [0.15, 0.2) is 59.9 Å². The summed E-state index contributed by atoms with van der Waals surface area (Å²) in [6.45, 7) is 1.38. The second-order valence-electron chi connectivity index (χ2n) is 8.11. The Morgan fingerprint density at radius 1 is 1.24 bits per heavy atom. The van der Waals surface area contributed by atoms with Crippen molar-refractivity contribution in [1.82, 2.24) is 18.9 Å². The Labute approximate surface area is 193 Å². The predicted molar refractivity (Wildman–Crippen MR) is 125 cm³/mol. The van der Waals surface area contributed by atoms with Crippen LogP contribution in [-0.2, 0) is 26.9 Å². The number of carboxylic acids is 1. The third-order valence-electron chi connectivity index (χ3n) is 6.12. The van der Waals surface area contributed by atoms with Gasteiger partial charge in [0.2, 0.25) is 0 Å². The molecule has 1 N–H and O–H groups in total. The summed E-state index contributed by atoms with van der Waals surface area (Å²) in [5.41, 5.74) is 3.72. The van der Waals surface area contributed by atoms with Crippen LogP contribution in [-0.4, -0.2) is 60.5 Å². The molecule has 3 aromatic heterocycles. The zero-order valence-corrected chi connectivity index (χ0v) is 19.0. The highest BCUT2D eigenvalue weighted by atomic mass is 32.2. The van der Waals surface area contributed by atoms with Crippen molar-refractivity contribution in [3.05, 3.63) is 60.6 Å². The fourth-order valence-corrected chi connectivity index (χ4v) is 5.80. The number of carboxylic acid groups (broad SMARTS) is 1. The Kier molecular flexibility index (Phi) is 5.92. The van der Waals surface area contributed by atoms with Gasteiger partial charge in [-0.2, -0.15) is 5.10 Å². The molecule has 4 heterocycles. The quantitative estimate of drug-likeness (QED) is 0.470. The van der Waals surface area contributed by atoms with Crippen molar-refractivity contribution in [3.63, 3.8) is 0 Å². The number of aromatic nitrogens is 3. The first-order valence-corrected chi connectivity index (χ1v) is 11.9. The maximum absolute atomic E-state index is 13.7. The van der Waals surface area contributed by atoms with Crippen molar-refractivity contribution in [3.8, 4) is 11.1 Å². The Bertz CT molecular complexity index is 1360. The van der Waals surface area contributed by atoms with E-state index in [2.05, 4.69) is 10.1 Å². The number of nitrogens with zero attached hydrogens (tertiary/aromatic N) is 4. The lowest BCUT2D eigenvalue weighted by molar-refractivity contribution is -0.136. The van der Waals surface area contributed by atoms with Crippen molar-refractivity contribution >= 4 is 33.4 Å². The predicted octanol–water partition coefficient (Wildman–Crippen LogP) is 3.31. The molecule has 0 aliphatic carbocycles. The molecule has 1 saturated heterocycles. The summed E-state index contributed by atoms with van der Waals surface area (Å²) in [6.07, 6.45) is 6.87. The summed E-state index contributed by atoms with van der Waals surface area (Å²) in [6, 6.07) is 11.5. The van der Waals surface area contributed by atoms with Gasteiger partial charge in [-0.25, -0.2) is 13.0 Å². The molecule has 1 aliphatic rings. The highest BCUT2D eigenvalue weighted by Crippen LogP contribution is 2.35. The van der Waals surface area contributed by atoms with Crippen LogP contribution in [0.2, 0.25) is 0 Å². The van der Waals surface area contributed by atoms with Crippen molar-refractivity contribution in [1.29, 1.82) is 0 Å². The van der Waals surface area contributed by atoms with Gasteiger partial charge in [0.05, 0.1) is 34.7 Å². The average Bonchev–Trinajstić information content (AvgIpc) is 3.24. The number of methoxy groups -OCH3 is 1. The zero-order chi connectivity index (χ0) is 22.9. The topological polar surface area (TPSA) is 97.0 Å². The molecule has 1 atom stereocenters. The van der Waals surface area contributed by atoms with E-state index < -0.39 is 17.0 Å². The summed E-state index contributed by atoms with van der Waals surface area (Å²) in [5, 5.41) is 14.5. The van der Waals surface area contributed by atoms with Crippen LogP contribution in [0.1, 0.15) is 18.4 Å². The average molecular weight is 465 g/mol. The summed E-state index contributed by atoms with van der Waals surface area (Å²) in [5.74, 6) is -0.914. The molecule has 1 aliphatic heterocycles. The molecular weight excluding hydrogens is 440 g/mol. The highest BCUT2D eigenvalue weighted by Gasteiger charge is 2.26. The monoisotopic (exact) mass is 464 g/mol. The van der Waals surface area contributed by atoms with E-state index in [4.69, 9.17) is 4.74 Å². The first-order valence-electron chi connectivity index (χ1n) is 10.8. The van der Waals surface area contributed by atoms with Gasteiger partial charge in [0.1, 0.15) is 11.0 Å².